The van der Waals surface area contributed by atoms with Gasteiger partial charge in [0, 0.05) is 11.3 Å². The van der Waals surface area contributed by atoms with Gasteiger partial charge in [0.1, 0.15) is 6.33 Å². The molecule has 0 spiro atoms. The number of aromatic nitrogens is 5. The highest BCUT2D eigenvalue weighted by molar-refractivity contribution is 9.10. The average Bonchev–Trinajstić information content (AvgIpc) is 2.67. The van der Waals surface area contributed by atoms with Crippen molar-refractivity contribution >= 4 is 21.9 Å². The average molecular weight is 271 g/mol. The SMILES string of the molecule is O=[N+]([O-])c1ncn(-c2ncncc2Br)n1. The largest absolute Gasteiger partial charge is 0.491 e. The molecule has 0 unspecified atom stereocenters. The fraction of sp³-hybridized carbons (Fsp3) is 0. The van der Waals surface area contributed by atoms with Crippen molar-refractivity contribution in [2.24, 2.45) is 0 Å². The predicted octanol–water partition coefficient (Wildman–Crippen LogP) is 0.728. The molecule has 0 saturated heterocycles. The van der Waals surface area contributed by atoms with Gasteiger partial charge in [0.15, 0.2) is 5.82 Å². The van der Waals surface area contributed by atoms with E-state index in [4.69, 9.17) is 0 Å². The third-order valence-electron chi connectivity index (χ3n) is 1.51. The van der Waals surface area contributed by atoms with Crippen LogP contribution >= 0.6 is 15.9 Å². The third kappa shape index (κ3) is 1.81. The van der Waals surface area contributed by atoms with Crippen molar-refractivity contribution in [3.63, 3.8) is 0 Å². The van der Waals surface area contributed by atoms with Crippen molar-refractivity contribution in [2.75, 3.05) is 0 Å². The normalized spacial score (nSPS) is 10.2. The van der Waals surface area contributed by atoms with Gasteiger partial charge in [-0.1, -0.05) is 4.98 Å². The van der Waals surface area contributed by atoms with Gasteiger partial charge in [-0.3, -0.25) is 0 Å². The fourth-order valence-electron chi connectivity index (χ4n) is 0.915. The summed E-state index contributed by atoms with van der Waals surface area (Å²) in [6, 6.07) is 0. The zero-order chi connectivity index (χ0) is 10.8. The molecular formula is C6H3BrN6O2. The summed E-state index contributed by atoms with van der Waals surface area (Å²) >= 11 is 3.20. The Kier molecular flexibility index (Phi) is 2.37. The molecule has 2 rings (SSSR count). The van der Waals surface area contributed by atoms with Crippen LogP contribution < -0.4 is 0 Å². The lowest BCUT2D eigenvalue weighted by atomic mass is 10.6. The molecule has 0 atom stereocenters. The van der Waals surface area contributed by atoms with E-state index >= 15 is 0 Å². The summed E-state index contributed by atoms with van der Waals surface area (Å²) in [4.78, 5) is 20.8. The van der Waals surface area contributed by atoms with E-state index in [0.717, 1.165) is 0 Å². The van der Waals surface area contributed by atoms with E-state index in [1.807, 2.05) is 0 Å². The van der Waals surface area contributed by atoms with Gasteiger partial charge in [-0.05, 0) is 20.9 Å². The minimum Gasteiger partial charge on any atom is -0.390 e. The molecule has 0 aliphatic heterocycles. The summed E-state index contributed by atoms with van der Waals surface area (Å²) < 4.78 is 1.77. The first-order valence-corrected chi connectivity index (χ1v) is 4.49. The summed E-state index contributed by atoms with van der Waals surface area (Å²) in [5.41, 5.74) is 0. The Morgan fingerprint density at radius 1 is 1.47 bits per heavy atom. The Hall–Kier alpha value is -1.90. The number of hydrogen-bond donors (Lipinski definition) is 0. The Morgan fingerprint density at radius 3 is 2.87 bits per heavy atom. The van der Waals surface area contributed by atoms with Gasteiger partial charge in [0.25, 0.3) is 0 Å². The molecule has 76 valence electrons. The second-order valence-electron chi connectivity index (χ2n) is 2.44. The second-order valence-corrected chi connectivity index (χ2v) is 3.29. The van der Waals surface area contributed by atoms with E-state index in [0.29, 0.717) is 10.3 Å². The van der Waals surface area contributed by atoms with Crippen LogP contribution in [0.3, 0.4) is 0 Å². The van der Waals surface area contributed by atoms with Crippen LogP contribution in [0.2, 0.25) is 0 Å². The highest BCUT2D eigenvalue weighted by Crippen LogP contribution is 2.16. The molecular weight excluding hydrogens is 268 g/mol. The van der Waals surface area contributed by atoms with Crippen molar-refractivity contribution in [3.05, 3.63) is 33.4 Å². The molecule has 0 saturated carbocycles. The van der Waals surface area contributed by atoms with Gasteiger partial charge in [-0.2, -0.15) is 0 Å². The van der Waals surface area contributed by atoms with Crippen molar-refractivity contribution in [2.45, 2.75) is 0 Å². The first kappa shape index (κ1) is 9.65. The molecule has 0 aromatic carbocycles. The molecule has 0 radical (unpaired) electrons. The smallest absolute Gasteiger partial charge is 0.390 e. The number of nitrogens with zero attached hydrogens (tertiary/aromatic N) is 6. The minimum absolute atomic E-state index is 0.394. The van der Waals surface area contributed by atoms with E-state index in [-0.39, 0.29) is 0 Å². The molecule has 2 aromatic rings. The zero-order valence-corrected chi connectivity index (χ0v) is 8.70. The summed E-state index contributed by atoms with van der Waals surface area (Å²) in [5.74, 6) is -0.0777. The maximum Gasteiger partial charge on any atom is 0.491 e. The van der Waals surface area contributed by atoms with Gasteiger partial charge in [-0.25, -0.2) is 9.97 Å². The molecule has 0 amide bonds. The molecule has 9 heteroatoms. The molecule has 0 aliphatic rings. The third-order valence-corrected chi connectivity index (χ3v) is 2.07. The lowest BCUT2D eigenvalue weighted by Crippen LogP contribution is -2.00. The van der Waals surface area contributed by atoms with Crippen molar-refractivity contribution in [1.29, 1.82) is 0 Å². The first-order valence-electron chi connectivity index (χ1n) is 3.70. The van der Waals surface area contributed by atoms with Gasteiger partial charge in [0.05, 0.1) is 4.47 Å². The van der Waals surface area contributed by atoms with Gasteiger partial charge in [0.2, 0.25) is 6.33 Å². The van der Waals surface area contributed by atoms with E-state index in [2.05, 4.69) is 36.0 Å². The monoisotopic (exact) mass is 270 g/mol. The minimum atomic E-state index is -0.675. The Bertz CT molecular complexity index is 512. The van der Waals surface area contributed by atoms with Crippen LogP contribution in [0.4, 0.5) is 5.95 Å². The molecule has 8 nitrogen and oxygen atoms in total. The molecule has 2 aromatic heterocycles. The molecule has 0 bridgehead atoms. The molecule has 0 N–H and O–H groups in total. The molecule has 0 aliphatic carbocycles. The van der Waals surface area contributed by atoms with Crippen LogP contribution in [0, 0.1) is 10.1 Å². The van der Waals surface area contributed by atoms with E-state index < -0.39 is 10.9 Å². The van der Waals surface area contributed by atoms with E-state index in [1.165, 1.54) is 23.5 Å². The Morgan fingerprint density at radius 2 is 2.27 bits per heavy atom. The van der Waals surface area contributed by atoms with Gasteiger partial charge in [-0.15, -0.1) is 4.68 Å². The van der Waals surface area contributed by atoms with Crippen molar-refractivity contribution in [3.8, 4) is 5.82 Å². The highest BCUT2D eigenvalue weighted by atomic mass is 79.9. The van der Waals surface area contributed by atoms with Crippen LogP contribution in [0.25, 0.3) is 5.82 Å². The number of hydrogen-bond acceptors (Lipinski definition) is 6. The number of rotatable bonds is 2. The number of nitro groups is 1. The summed E-state index contributed by atoms with van der Waals surface area (Å²) in [5, 5.41) is 14.0. The zero-order valence-electron chi connectivity index (χ0n) is 7.11. The van der Waals surface area contributed by atoms with Crippen molar-refractivity contribution in [1.82, 2.24) is 24.7 Å². The van der Waals surface area contributed by atoms with Crippen LogP contribution in [0.5, 0.6) is 0 Å². The maximum absolute atomic E-state index is 10.4. The molecule has 0 fully saturated rings. The standard InChI is InChI=1S/C6H3BrN6O2/c7-4-1-8-2-9-5(4)12-3-10-6(11-12)13(14)15/h1-3H. The predicted molar refractivity (Wildman–Crippen MR) is 51.3 cm³/mol. The Labute approximate surface area is 91.3 Å². The highest BCUT2D eigenvalue weighted by Gasteiger charge is 2.16. The summed E-state index contributed by atoms with van der Waals surface area (Å²) in [6.07, 6.45) is 4.04. The quantitative estimate of drug-likeness (QED) is 0.589. The molecule has 2 heterocycles. The second kappa shape index (κ2) is 3.69. The summed E-state index contributed by atoms with van der Waals surface area (Å²) in [6.45, 7) is 0. The van der Waals surface area contributed by atoms with Crippen LogP contribution in [0.1, 0.15) is 0 Å². The first-order chi connectivity index (χ1) is 7.18. The van der Waals surface area contributed by atoms with Gasteiger partial charge >= 0.3 is 5.95 Å². The Balaban J connectivity index is 2.46. The van der Waals surface area contributed by atoms with E-state index in [9.17, 15) is 10.1 Å². The van der Waals surface area contributed by atoms with Crippen LogP contribution in [0.15, 0.2) is 23.3 Å². The maximum atomic E-state index is 10.4. The topological polar surface area (TPSA) is 99.6 Å². The lowest BCUT2D eigenvalue weighted by molar-refractivity contribution is -0.394. The lowest BCUT2D eigenvalue weighted by Gasteiger charge is -1.96. The number of halogens is 1. The van der Waals surface area contributed by atoms with Crippen LogP contribution in [-0.4, -0.2) is 29.7 Å². The van der Waals surface area contributed by atoms with E-state index in [1.54, 1.807) is 0 Å². The van der Waals surface area contributed by atoms with Crippen molar-refractivity contribution < 1.29 is 4.92 Å². The fourth-order valence-corrected chi connectivity index (χ4v) is 1.32. The molecule has 15 heavy (non-hydrogen) atoms. The summed E-state index contributed by atoms with van der Waals surface area (Å²) in [7, 11) is 0. The van der Waals surface area contributed by atoms with Gasteiger partial charge < -0.3 is 10.1 Å². The van der Waals surface area contributed by atoms with Crippen LogP contribution in [-0.2, 0) is 0 Å².